The van der Waals surface area contributed by atoms with Crippen LogP contribution in [-0.4, -0.2) is 48.6 Å². The molecule has 0 amide bonds. The molecule has 1 aliphatic rings. The standard InChI is InChI=1S/C15H28N4S/c1-4-18(5-2)15-17-12-14(20-15)11-16-10-13(3)19-8-6-7-9-19/h12-13,16H,4-11H2,1-3H3. The summed E-state index contributed by atoms with van der Waals surface area (Å²) in [6.07, 6.45) is 4.75. The van der Waals surface area contributed by atoms with Gasteiger partial charge in [0.15, 0.2) is 5.13 Å². The van der Waals surface area contributed by atoms with Crippen LogP contribution in [0.3, 0.4) is 0 Å². The fourth-order valence-corrected chi connectivity index (χ4v) is 3.74. The molecule has 0 saturated carbocycles. The number of thiazole rings is 1. The lowest BCUT2D eigenvalue weighted by atomic mass is 10.3. The maximum Gasteiger partial charge on any atom is 0.185 e. The minimum atomic E-state index is 0.646. The van der Waals surface area contributed by atoms with E-state index in [1.807, 2.05) is 17.5 Å². The van der Waals surface area contributed by atoms with Gasteiger partial charge in [-0.3, -0.25) is 4.90 Å². The van der Waals surface area contributed by atoms with Gasteiger partial charge in [0.05, 0.1) is 0 Å². The molecule has 0 aliphatic carbocycles. The van der Waals surface area contributed by atoms with Crippen molar-refractivity contribution in [1.82, 2.24) is 15.2 Å². The second kappa shape index (κ2) is 7.96. The molecule has 114 valence electrons. The van der Waals surface area contributed by atoms with Gasteiger partial charge in [-0.25, -0.2) is 4.98 Å². The summed E-state index contributed by atoms with van der Waals surface area (Å²) in [5.41, 5.74) is 0. The van der Waals surface area contributed by atoms with Crippen LogP contribution in [0.25, 0.3) is 0 Å². The molecule has 4 nitrogen and oxygen atoms in total. The second-order valence-corrected chi connectivity index (χ2v) is 6.60. The topological polar surface area (TPSA) is 31.4 Å². The third kappa shape index (κ3) is 4.17. The Bertz CT molecular complexity index is 383. The summed E-state index contributed by atoms with van der Waals surface area (Å²) >= 11 is 1.81. The third-order valence-corrected chi connectivity index (χ3v) is 5.14. The van der Waals surface area contributed by atoms with Crippen LogP contribution in [0.2, 0.25) is 0 Å². The van der Waals surface area contributed by atoms with Crippen molar-refractivity contribution in [2.24, 2.45) is 0 Å². The van der Waals surface area contributed by atoms with Crippen LogP contribution in [0, 0.1) is 0 Å². The third-order valence-electron chi connectivity index (χ3n) is 4.08. The molecule has 20 heavy (non-hydrogen) atoms. The molecule has 0 radical (unpaired) electrons. The van der Waals surface area contributed by atoms with Gasteiger partial charge in [0.1, 0.15) is 0 Å². The highest BCUT2D eigenvalue weighted by atomic mass is 32.1. The Morgan fingerprint density at radius 2 is 2.05 bits per heavy atom. The highest BCUT2D eigenvalue weighted by Gasteiger charge is 2.17. The Morgan fingerprint density at radius 3 is 2.70 bits per heavy atom. The van der Waals surface area contributed by atoms with E-state index < -0.39 is 0 Å². The first kappa shape index (κ1) is 15.7. The Kier molecular flexibility index (Phi) is 6.26. The maximum absolute atomic E-state index is 4.53. The zero-order chi connectivity index (χ0) is 14.4. The van der Waals surface area contributed by atoms with Gasteiger partial charge in [0, 0.05) is 43.3 Å². The molecule has 1 unspecified atom stereocenters. The summed E-state index contributed by atoms with van der Waals surface area (Å²) in [6, 6.07) is 0.646. The van der Waals surface area contributed by atoms with Crippen molar-refractivity contribution in [3.63, 3.8) is 0 Å². The Morgan fingerprint density at radius 1 is 1.35 bits per heavy atom. The summed E-state index contributed by atoms with van der Waals surface area (Å²) < 4.78 is 0. The van der Waals surface area contributed by atoms with Gasteiger partial charge < -0.3 is 10.2 Å². The van der Waals surface area contributed by atoms with Crippen LogP contribution in [-0.2, 0) is 6.54 Å². The number of nitrogens with zero attached hydrogens (tertiary/aromatic N) is 3. The van der Waals surface area contributed by atoms with E-state index in [2.05, 4.69) is 40.9 Å². The predicted molar refractivity (Wildman–Crippen MR) is 87.7 cm³/mol. The molecular formula is C15H28N4S. The molecule has 1 saturated heterocycles. The Labute approximate surface area is 127 Å². The van der Waals surface area contributed by atoms with Gasteiger partial charge in [-0.1, -0.05) is 0 Å². The van der Waals surface area contributed by atoms with E-state index in [1.54, 1.807) is 0 Å². The number of aromatic nitrogens is 1. The molecule has 1 atom stereocenters. The zero-order valence-corrected chi connectivity index (χ0v) is 13.9. The normalized spacial score (nSPS) is 17.6. The van der Waals surface area contributed by atoms with Crippen LogP contribution in [0.1, 0.15) is 38.5 Å². The van der Waals surface area contributed by atoms with Crippen LogP contribution in [0.15, 0.2) is 6.20 Å². The lowest BCUT2D eigenvalue weighted by molar-refractivity contribution is 0.252. The fraction of sp³-hybridized carbons (Fsp3) is 0.800. The molecule has 5 heteroatoms. The largest absolute Gasteiger partial charge is 0.349 e. The molecule has 1 N–H and O–H groups in total. The quantitative estimate of drug-likeness (QED) is 0.799. The molecule has 2 heterocycles. The lowest BCUT2D eigenvalue weighted by Crippen LogP contribution is -2.38. The zero-order valence-electron chi connectivity index (χ0n) is 13.1. The first-order valence-corrected chi connectivity index (χ1v) is 8.70. The van der Waals surface area contributed by atoms with Crippen molar-refractivity contribution in [3.8, 4) is 0 Å². The molecule has 0 bridgehead atoms. The van der Waals surface area contributed by atoms with Crippen molar-refractivity contribution in [1.29, 1.82) is 0 Å². The fourth-order valence-electron chi connectivity index (χ4n) is 2.73. The summed E-state index contributed by atoms with van der Waals surface area (Å²) in [5, 5.41) is 4.73. The number of hydrogen-bond acceptors (Lipinski definition) is 5. The minimum absolute atomic E-state index is 0.646. The minimum Gasteiger partial charge on any atom is -0.349 e. The molecule has 0 aromatic carbocycles. The van der Waals surface area contributed by atoms with Crippen molar-refractivity contribution in [3.05, 3.63) is 11.1 Å². The summed E-state index contributed by atoms with van der Waals surface area (Å²) in [4.78, 5) is 10.8. The van der Waals surface area contributed by atoms with Gasteiger partial charge >= 0.3 is 0 Å². The summed E-state index contributed by atoms with van der Waals surface area (Å²) in [6.45, 7) is 13.3. The maximum atomic E-state index is 4.53. The van der Waals surface area contributed by atoms with Gasteiger partial charge in [-0.05, 0) is 46.7 Å². The van der Waals surface area contributed by atoms with E-state index in [0.29, 0.717) is 6.04 Å². The number of nitrogens with one attached hydrogen (secondary N) is 1. The lowest BCUT2D eigenvalue weighted by Gasteiger charge is -2.23. The molecular weight excluding hydrogens is 268 g/mol. The molecule has 0 spiro atoms. The van der Waals surface area contributed by atoms with Crippen molar-refractivity contribution in [2.75, 3.05) is 37.6 Å². The van der Waals surface area contributed by atoms with Crippen molar-refractivity contribution < 1.29 is 0 Å². The highest BCUT2D eigenvalue weighted by Crippen LogP contribution is 2.22. The number of rotatable bonds is 8. The van der Waals surface area contributed by atoms with Crippen molar-refractivity contribution >= 4 is 16.5 Å². The van der Waals surface area contributed by atoms with E-state index in [1.165, 1.54) is 30.8 Å². The monoisotopic (exact) mass is 296 g/mol. The molecule has 2 rings (SSSR count). The number of likely N-dealkylation sites (tertiary alicyclic amines) is 1. The van der Waals surface area contributed by atoms with Crippen molar-refractivity contribution in [2.45, 2.75) is 46.2 Å². The first-order chi connectivity index (χ1) is 9.74. The summed E-state index contributed by atoms with van der Waals surface area (Å²) in [7, 11) is 0. The predicted octanol–water partition coefficient (Wildman–Crippen LogP) is 2.56. The van der Waals surface area contributed by atoms with Gasteiger partial charge in [0.2, 0.25) is 0 Å². The number of hydrogen-bond donors (Lipinski definition) is 1. The molecule has 1 aliphatic heterocycles. The number of anilines is 1. The van der Waals surface area contributed by atoms with E-state index in [4.69, 9.17) is 0 Å². The van der Waals surface area contributed by atoms with Gasteiger partial charge in [-0.15, -0.1) is 11.3 Å². The first-order valence-electron chi connectivity index (χ1n) is 7.89. The Hall–Kier alpha value is -0.650. The van der Waals surface area contributed by atoms with Gasteiger partial charge in [0.25, 0.3) is 0 Å². The van der Waals surface area contributed by atoms with E-state index in [9.17, 15) is 0 Å². The average Bonchev–Trinajstić information content (AvgIpc) is 3.11. The molecule has 1 aromatic heterocycles. The SMILES string of the molecule is CCN(CC)c1ncc(CNCC(C)N2CCCC2)s1. The average molecular weight is 296 g/mol. The van der Waals surface area contributed by atoms with Crippen LogP contribution in [0.5, 0.6) is 0 Å². The van der Waals surface area contributed by atoms with E-state index in [-0.39, 0.29) is 0 Å². The van der Waals surface area contributed by atoms with Crippen LogP contribution < -0.4 is 10.2 Å². The molecule has 1 aromatic rings. The Balaban J connectivity index is 1.73. The van der Waals surface area contributed by atoms with E-state index in [0.717, 1.165) is 31.3 Å². The van der Waals surface area contributed by atoms with Gasteiger partial charge in [-0.2, -0.15) is 0 Å². The summed E-state index contributed by atoms with van der Waals surface area (Å²) in [5.74, 6) is 0. The van der Waals surface area contributed by atoms with Crippen LogP contribution >= 0.6 is 11.3 Å². The molecule has 1 fully saturated rings. The van der Waals surface area contributed by atoms with E-state index >= 15 is 0 Å². The smallest absolute Gasteiger partial charge is 0.185 e. The van der Waals surface area contributed by atoms with Crippen LogP contribution in [0.4, 0.5) is 5.13 Å². The second-order valence-electron chi connectivity index (χ2n) is 5.50. The highest BCUT2D eigenvalue weighted by molar-refractivity contribution is 7.15.